The highest BCUT2D eigenvalue weighted by molar-refractivity contribution is 5.70. The fourth-order valence-corrected chi connectivity index (χ4v) is 8.36. The summed E-state index contributed by atoms with van der Waals surface area (Å²) in [5.74, 6) is -0.641. The third-order valence-corrected chi connectivity index (χ3v) is 13.3. The van der Waals surface area contributed by atoms with Gasteiger partial charge in [0.25, 0.3) is 0 Å². The van der Waals surface area contributed by atoms with Crippen molar-refractivity contribution in [3.63, 3.8) is 0 Å². The molecule has 466 valence electrons. The molecule has 0 aliphatic rings. The zero-order valence-corrected chi connectivity index (χ0v) is 53.3. The second-order valence-electron chi connectivity index (χ2n) is 21.1. The van der Waals surface area contributed by atoms with E-state index in [0.29, 0.717) is 12.8 Å². The highest BCUT2D eigenvalue weighted by Gasteiger charge is 2.16. The molecule has 1 unspecified atom stereocenters. The number of hydrogen-bond acceptors (Lipinski definition) is 5. The van der Waals surface area contributed by atoms with Gasteiger partial charge in [0.05, 0.1) is 6.61 Å². The van der Waals surface area contributed by atoms with Crippen LogP contribution in [0.15, 0.2) is 219 Å². The first-order valence-electron chi connectivity index (χ1n) is 33.3. The van der Waals surface area contributed by atoms with Gasteiger partial charge < -0.3 is 14.6 Å². The fraction of sp³-hybridized carbons (Fsp3) is 0.519. The van der Waals surface area contributed by atoms with E-state index in [1.54, 1.807) is 0 Å². The number of carbonyl (C=O) groups excluding carboxylic acids is 2. The van der Waals surface area contributed by atoms with E-state index < -0.39 is 6.10 Å². The number of aliphatic hydroxyl groups is 1. The van der Waals surface area contributed by atoms with Gasteiger partial charge in [-0.3, -0.25) is 9.59 Å². The maximum absolute atomic E-state index is 12.3. The molecular formula is C79H120O5. The zero-order valence-electron chi connectivity index (χ0n) is 53.3. The molecule has 0 bridgehead atoms. The first kappa shape index (κ1) is 78.2. The molecule has 0 saturated heterocycles. The number of allylic oxidation sites excluding steroid dienone is 36. The Hall–Kier alpha value is -5.78. The average molecular weight is 1150 g/mol. The summed E-state index contributed by atoms with van der Waals surface area (Å²) < 4.78 is 10.7. The summed E-state index contributed by atoms with van der Waals surface area (Å²) in [5, 5.41) is 9.69. The molecule has 5 nitrogen and oxygen atoms in total. The normalized spacial score (nSPS) is 13.7. The Morgan fingerprint density at radius 3 is 0.714 bits per heavy atom. The van der Waals surface area contributed by atoms with Crippen LogP contribution >= 0.6 is 0 Å². The Labute approximate surface area is 516 Å². The lowest BCUT2D eigenvalue weighted by molar-refractivity contribution is -0.161. The topological polar surface area (TPSA) is 72.8 Å². The molecule has 0 heterocycles. The zero-order chi connectivity index (χ0) is 60.5. The molecule has 0 rings (SSSR count). The summed E-state index contributed by atoms with van der Waals surface area (Å²) in [7, 11) is 0. The van der Waals surface area contributed by atoms with E-state index in [1.807, 2.05) is 0 Å². The monoisotopic (exact) mass is 1150 g/mol. The van der Waals surface area contributed by atoms with Crippen LogP contribution in [0.4, 0.5) is 0 Å². The van der Waals surface area contributed by atoms with Gasteiger partial charge >= 0.3 is 11.9 Å². The summed E-state index contributed by atoms with van der Waals surface area (Å²) in [5.41, 5.74) is 0. The van der Waals surface area contributed by atoms with Crippen molar-refractivity contribution in [3.05, 3.63) is 219 Å². The van der Waals surface area contributed by atoms with Crippen molar-refractivity contribution >= 4 is 11.9 Å². The lowest BCUT2D eigenvalue weighted by Crippen LogP contribution is -2.28. The van der Waals surface area contributed by atoms with Crippen LogP contribution in [-0.2, 0) is 19.1 Å². The molecule has 0 fully saturated rings. The molecule has 0 aromatic rings. The van der Waals surface area contributed by atoms with Gasteiger partial charge in [0.2, 0.25) is 0 Å². The van der Waals surface area contributed by atoms with Gasteiger partial charge in [0, 0.05) is 12.8 Å². The molecule has 1 atom stereocenters. The van der Waals surface area contributed by atoms with E-state index in [9.17, 15) is 14.7 Å². The lowest BCUT2D eigenvalue weighted by atomic mass is 10.1. The number of rotatable bonds is 58. The van der Waals surface area contributed by atoms with Crippen molar-refractivity contribution in [1.29, 1.82) is 0 Å². The highest BCUT2D eigenvalue weighted by atomic mass is 16.6. The summed E-state index contributed by atoms with van der Waals surface area (Å²) in [6, 6.07) is 0. The number of esters is 2. The van der Waals surface area contributed by atoms with Gasteiger partial charge in [-0.05, 0) is 154 Å². The number of aliphatic hydroxyl groups excluding tert-OH is 1. The van der Waals surface area contributed by atoms with Crippen LogP contribution in [0.2, 0.25) is 0 Å². The van der Waals surface area contributed by atoms with Gasteiger partial charge in [-0.1, -0.05) is 297 Å². The molecule has 0 aliphatic heterocycles. The number of unbranched alkanes of at least 4 members (excludes halogenated alkanes) is 14. The first-order chi connectivity index (χ1) is 41.6. The summed E-state index contributed by atoms with van der Waals surface area (Å²) in [6.45, 7) is 3.88. The van der Waals surface area contributed by atoms with Crippen LogP contribution < -0.4 is 0 Å². The number of ether oxygens (including phenoxy) is 2. The van der Waals surface area contributed by atoms with Gasteiger partial charge in [-0.2, -0.15) is 0 Å². The van der Waals surface area contributed by atoms with Gasteiger partial charge in [-0.25, -0.2) is 0 Å². The third-order valence-electron chi connectivity index (χ3n) is 13.3. The predicted molar refractivity (Wildman–Crippen MR) is 370 cm³/mol. The first-order valence-corrected chi connectivity index (χ1v) is 33.3. The second kappa shape index (κ2) is 71.5. The Bertz CT molecular complexity index is 2030. The van der Waals surface area contributed by atoms with Crippen LogP contribution in [0.1, 0.15) is 245 Å². The molecule has 84 heavy (non-hydrogen) atoms. The van der Waals surface area contributed by atoms with E-state index in [-0.39, 0.29) is 25.2 Å². The van der Waals surface area contributed by atoms with Crippen molar-refractivity contribution < 1.29 is 24.2 Å². The molecule has 5 heteroatoms. The maximum atomic E-state index is 12.3. The minimum atomic E-state index is -0.807. The third kappa shape index (κ3) is 68.7. The fourth-order valence-electron chi connectivity index (χ4n) is 8.36. The molecule has 1 N–H and O–H groups in total. The Balaban J connectivity index is 3.66. The molecule has 0 radical (unpaired) electrons. The second-order valence-corrected chi connectivity index (χ2v) is 21.1. The quantitative estimate of drug-likeness (QED) is 0.0373. The molecule has 0 saturated carbocycles. The largest absolute Gasteiger partial charge is 0.462 e. The Kier molecular flexibility index (Phi) is 66.6. The average Bonchev–Trinajstić information content (AvgIpc) is 3.51. The van der Waals surface area contributed by atoms with Crippen molar-refractivity contribution in [1.82, 2.24) is 0 Å². The van der Waals surface area contributed by atoms with Crippen molar-refractivity contribution in [2.45, 2.75) is 251 Å². The molecule has 0 amide bonds. The smallest absolute Gasteiger partial charge is 0.306 e. The SMILES string of the molecule is CC/C=C\C/C=C\C/C=C\C/C=C\C/C=C\C/C=C\C/C=C\C/C=C\C/C=C\C/C=C\CCCCCCC(=O)OC(CO)COC(=O)CCCCCCCCCCCC/C=C\C/C=C\C/C=C\C/C=C\C/C=C\C/C=C\C/C=C\C/C=C\CC. The number of hydrogen-bond donors (Lipinski definition) is 1. The summed E-state index contributed by atoms with van der Waals surface area (Å²) in [6.07, 6.45) is 116. The highest BCUT2D eigenvalue weighted by Crippen LogP contribution is 2.14. The lowest BCUT2D eigenvalue weighted by Gasteiger charge is -2.15. The van der Waals surface area contributed by atoms with Gasteiger partial charge in [0.15, 0.2) is 6.10 Å². The van der Waals surface area contributed by atoms with Crippen LogP contribution in [0.5, 0.6) is 0 Å². The van der Waals surface area contributed by atoms with Crippen molar-refractivity contribution in [3.8, 4) is 0 Å². The summed E-state index contributed by atoms with van der Waals surface area (Å²) in [4.78, 5) is 24.6. The minimum Gasteiger partial charge on any atom is -0.462 e. The van der Waals surface area contributed by atoms with E-state index >= 15 is 0 Å². The van der Waals surface area contributed by atoms with Crippen molar-refractivity contribution in [2.75, 3.05) is 13.2 Å². The maximum Gasteiger partial charge on any atom is 0.306 e. The molecule has 0 aliphatic carbocycles. The van der Waals surface area contributed by atoms with Crippen LogP contribution in [0.25, 0.3) is 0 Å². The van der Waals surface area contributed by atoms with E-state index in [4.69, 9.17) is 9.47 Å². The molecule has 0 spiro atoms. The summed E-state index contributed by atoms with van der Waals surface area (Å²) >= 11 is 0. The van der Waals surface area contributed by atoms with Crippen LogP contribution in [0.3, 0.4) is 0 Å². The van der Waals surface area contributed by atoms with Crippen LogP contribution in [0, 0.1) is 0 Å². The van der Waals surface area contributed by atoms with E-state index in [1.165, 1.54) is 51.4 Å². The van der Waals surface area contributed by atoms with Crippen molar-refractivity contribution in [2.24, 2.45) is 0 Å². The van der Waals surface area contributed by atoms with E-state index in [0.717, 1.165) is 167 Å². The van der Waals surface area contributed by atoms with Crippen LogP contribution in [-0.4, -0.2) is 36.4 Å². The molecule has 0 aromatic carbocycles. The van der Waals surface area contributed by atoms with Gasteiger partial charge in [0.1, 0.15) is 6.61 Å². The molecule has 0 aromatic heterocycles. The standard InChI is InChI=1S/C79H120O5/c1-3-5-7-9-11-13-15-17-19-21-23-25-27-29-31-33-35-37-39-41-43-45-47-49-51-53-55-57-59-61-63-65-67-69-71-73-78(81)83-76-77(75-80)84-79(82)74-72-70-68-66-64-62-60-58-56-54-52-50-48-46-44-42-40-38-36-34-32-30-28-26-24-22-20-18-16-14-12-10-8-6-4-2/h5-8,11-14,17-20,23-26,29-32,35-38,41-44,47-50,54,56,60,62,77,80H,3-4,9-10,15-16,21-22,27-28,33-34,39-40,45-46,51-53,55,57-59,61,63-76H2,1-2H3/b7-5-,8-6-,13-11-,14-12-,19-17-,20-18-,25-23-,26-24-,31-29-,32-30-,37-35-,38-36-,43-41-,44-42-,49-47-,50-48-,56-54-,62-60-. The van der Waals surface area contributed by atoms with Gasteiger partial charge in [-0.15, -0.1) is 0 Å². The van der Waals surface area contributed by atoms with E-state index in [2.05, 4.69) is 233 Å². The Morgan fingerprint density at radius 2 is 0.476 bits per heavy atom. The predicted octanol–water partition coefficient (Wildman–Crippen LogP) is 23.5. The minimum absolute atomic E-state index is 0.0936. The molecular weight excluding hydrogens is 1030 g/mol. The number of carbonyl (C=O) groups is 2. The Morgan fingerprint density at radius 1 is 0.274 bits per heavy atom.